The predicted molar refractivity (Wildman–Crippen MR) is 89.1 cm³/mol. The number of thioether (sulfide) groups is 1. The van der Waals surface area contributed by atoms with Gasteiger partial charge in [0.1, 0.15) is 0 Å². The van der Waals surface area contributed by atoms with Gasteiger partial charge in [-0.1, -0.05) is 12.1 Å². The van der Waals surface area contributed by atoms with Crippen molar-refractivity contribution in [2.45, 2.75) is 11.3 Å². The monoisotopic (exact) mass is 348 g/mol. The molecule has 124 valence electrons. The molecule has 3 rings (SSSR count). The summed E-state index contributed by atoms with van der Waals surface area (Å²) in [4.78, 5) is 26.7. The van der Waals surface area contributed by atoms with E-state index in [-0.39, 0.29) is 30.5 Å². The number of nitrogens with zero attached hydrogens (tertiary/aromatic N) is 1. The van der Waals surface area contributed by atoms with Gasteiger partial charge in [-0.15, -0.1) is 11.8 Å². The number of benzene rings is 2. The SMILES string of the molecule is O=C(CCN1C(=O)CSc2ccccc21)Nc1ccc(F)c(F)c1. The maximum atomic E-state index is 13.1. The van der Waals surface area contributed by atoms with Crippen molar-refractivity contribution in [1.29, 1.82) is 0 Å². The molecule has 4 nitrogen and oxygen atoms in total. The van der Waals surface area contributed by atoms with Crippen LogP contribution in [-0.4, -0.2) is 24.1 Å². The summed E-state index contributed by atoms with van der Waals surface area (Å²) < 4.78 is 26.0. The zero-order valence-corrected chi connectivity index (χ0v) is 13.4. The molecule has 2 aromatic carbocycles. The zero-order valence-electron chi connectivity index (χ0n) is 12.6. The Morgan fingerprint density at radius 1 is 1.17 bits per heavy atom. The van der Waals surface area contributed by atoms with E-state index in [1.807, 2.05) is 24.3 Å². The van der Waals surface area contributed by atoms with Crippen molar-refractivity contribution in [3.05, 3.63) is 54.1 Å². The van der Waals surface area contributed by atoms with Crippen LogP contribution in [0.1, 0.15) is 6.42 Å². The highest BCUT2D eigenvalue weighted by Gasteiger charge is 2.24. The van der Waals surface area contributed by atoms with E-state index in [4.69, 9.17) is 0 Å². The Morgan fingerprint density at radius 2 is 1.96 bits per heavy atom. The summed E-state index contributed by atoms with van der Waals surface area (Å²) in [5, 5.41) is 2.50. The smallest absolute Gasteiger partial charge is 0.237 e. The van der Waals surface area contributed by atoms with E-state index in [2.05, 4.69) is 5.32 Å². The van der Waals surface area contributed by atoms with Gasteiger partial charge in [0, 0.05) is 29.6 Å². The van der Waals surface area contributed by atoms with Crippen LogP contribution in [0, 0.1) is 11.6 Å². The van der Waals surface area contributed by atoms with Gasteiger partial charge < -0.3 is 10.2 Å². The van der Waals surface area contributed by atoms with Crippen LogP contribution in [-0.2, 0) is 9.59 Å². The summed E-state index contributed by atoms with van der Waals surface area (Å²) in [5.41, 5.74) is 0.971. The molecule has 0 fully saturated rings. The highest BCUT2D eigenvalue weighted by atomic mass is 32.2. The number of amides is 2. The third-order valence-electron chi connectivity index (χ3n) is 3.57. The molecule has 0 bridgehead atoms. The molecule has 2 aromatic rings. The largest absolute Gasteiger partial charge is 0.326 e. The van der Waals surface area contributed by atoms with Crippen LogP contribution in [0.15, 0.2) is 47.4 Å². The number of anilines is 2. The zero-order chi connectivity index (χ0) is 17.1. The number of fused-ring (bicyclic) bond motifs is 1. The topological polar surface area (TPSA) is 49.4 Å². The Bertz CT molecular complexity index is 798. The first-order chi connectivity index (χ1) is 11.5. The quantitative estimate of drug-likeness (QED) is 0.921. The number of carbonyl (C=O) groups excluding carboxylic acids is 2. The van der Waals surface area contributed by atoms with E-state index >= 15 is 0 Å². The fourth-order valence-corrected chi connectivity index (χ4v) is 3.35. The van der Waals surface area contributed by atoms with Gasteiger partial charge in [-0.05, 0) is 24.3 Å². The first-order valence-electron chi connectivity index (χ1n) is 7.31. The molecular formula is C17H14F2N2O2S. The van der Waals surface area contributed by atoms with Crippen LogP contribution in [0.2, 0.25) is 0 Å². The first kappa shape index (κ1) is 16.4. The molecule has 7 heteroatoms. The van der Waals surface area contributed by atoms with Crippen LogP contribution < -0.4 is 10.2 Å². The highest BCUT2D eigenvalue weighted by molar-refractivity contribution is 8.00. The predicted octanol–water partition coefficient (Wildman–Crippen LogP) is 3.43. The number of rotatable bonds is 4. The molecule has 0 radical (unpaired) electrons. The molecule has 1 aliphatic heterocycles. The summed E-state index contributed by atoms with van der Waals surface area (Å²) >= 11 is 1.47. The van der Waals surface area contributed by atoms with E-state index < -0.39 is 11.6 Å². The number of hydrogen-bond donors (Lipinski definition) is 1. The fraction of sp³-hybridized carbons (Fsp3) is 0.176. The number of para-hydroxylation sites is 1. The standard InChI is InChI=1S/C17H14F2N2O2S/c18-12-6-5-11(9-13(12)19)20-16(22)7-8-21-14-3-1-2-4-15(14)24-10-17(21)23/h1-6,9H,7-8,10H2,(H,20,22). The summed E-state index contributed by atoms with van der Waals surface area (Å²) in [5.74, 6) is -2.09. The second-order valence-corrected chi connectivity index (χ2v) is 6.25. The van der Waals surface area contributed by atoms with Gasteiger partial charge in [0.2, 0.25) is 11.8 Å². The molecule has 0 unspecified atom stereocenters. The van der Waals surface area contributed by atoms with Crippen molar-refractivity contribution in [2.75, 3.05) is 22.5 Å². The number of hydrogen-bond acceptors (Lipinski definition) is 3. The van der Waals surface area contributed by atoms with E-state index in [9.17, 15) is 18.4 Å². The molecule has 1 N–H and O–H groups in total. The Hall–Kier alpha value is -2.41. The van der Waals surface area contributed by atoms with Crippen molar-refractivity contribution in [3.8, 4) is 0 Å². The van der Waals surface area contributed by atoms with Crippen molar-refractivity contribution in [2.24, 2.45) is 0 Å². The Balaban J connectivity index is 1.64. The number of carbonyl (C=O) groups is 2. The molecule has 0 saturated heterocycles. The van der Waals surface area contributed by atoms with Gasteiger partial charge >= 0.3 is 0 Å². The lowest BCUT2D eigenvalue weighted by atomic mass is 10.2. The lowest BCUT2D eigenvalue weighted by Crippen LogP contribution is -2.37. The van der Waals surface area contributed by atoms with E-state index in [0.29, 0.717) is 5.75 Å². The van der Waals surface area contributed by atoms with E-state index in [1.165, 1.54) is 17.8 Å². The summed E-state index contributed by atoms with van der Waals surface area (Å²) in [6.45, 7) is 0.228. The van der Waals surface area contributed by atoms with Crippen LogP contribution >= 0.6 is 11.8 Å². The van der Waals surface area contributed by atoms with E-state index in [1.54, 1.807) is 4.90 Å². The number of halogens is 2. The van der Waals surface area contributed by atoms with Gasteiger partial charge in [-0.2, -0.15) is 0 Å². The van der Waals surface area contributed by atoms with Crippen LogP contribution in [0.4, 0.5) is 20.2 Å². The van der Waals surface area contributed by atoms with Crippen LogP contribution in [0.3, 0.4) is 0 Å². The molecule has 2 amide bonds. The molecule has 1 heterocycles. The molecule has 24 heavy (non-hydrogen) atoms. The van der Waals surface area contributed by atoms with Crippen LogP contribution in [0.25, 0.3) is 0 Å². The summed E-state index contributed by atoms with van der Waals surface area (Å²) in [6, 6.07) is 10.7. The molecule has 0 aromatic heterocycles. The molecular weight excluding hydrogens is 334 g/mol. The third-order valence-corrected chi connectivity index (χ3v) is 4.62. The minimum absolute atomic E-state index is 0.0562. The lowest BCUT2D eigenvalue weighted by molar-refractivity contribution is -0.117. The van der Waals surface area contributed by atoms with Gasteiger partial charge in [-0.3, -0.25) is 9.59 Å². The van der Waals surface area contributed by atoms with Crippen molar-refractivity contribution >= 4 is 35.0 Å². The normalized spacial score (nSPS) is 13.6. The first-order valence-corrected chi connectivity index (χ1v) is 8.30. The molecule has 1 aliphatic rings. The van der Waals surface area contributed by atoms with Crippen LogP contribution in [0.5, 0.6) is 0 Å². The Kier molecular flexibility index (Phi) is 4.80. The molecule has 0 spiro atoms. The van der Waals surface area contributed by atoms with Gasteiger partial charge in [0.15, 0.2) is 11.6 Å². The van der Waals surface area contributed by atoms with Crippen molar-refractivity contribution < 1.29 is 18.4 Å². The maximum absolute atomic E-state index is 13.1. The fourth-order valence-electron chi connectivity index (χ4n) is 2.41. The average molecular weight is 348 g/mol. The lowest BCUT2D eigenvalue weighted by Gasteiger charge is -2.28. The molecule has 0 saturated carbocycles. The van der Waals surface area contributed by atoms with E-state index in [0.717, 1.165) is 22.7 Å². The minimum Gasteiger partial charge on any atom is -0.326 e. The van der Waals surface area contributed by atoms with Crippen molar-refractivity contribution in [1.82, 2.24) is 0 Å². The third kappa shape index (κ3) is 3.56. The Labute approximate surface area is 141 Å². The average Bonchev–Trinajstić information content (AvgIpc) is 2.57. The van der Waals surface area contributed by atoms with Gasteiger partial charge in [0.05, 0.1) is 11.4 Å². The highest BCUT2D eigenvalue weighted by Crippen LogP contribution is 2.34. The number of nitrogens with one attached hydrogen (secondary N) is 1. The summed E-state index contributed by atoms with van der Waals surface area (Å²) in [7, 11) is 0. The van der Waals surface area contributed by atoms with Crippen molar-refractivity contribution in [3.63, 3.8) is 0 Å². The Morgan fingerprint density at radius 3 is 2.75 bits per heavy atom. The maximum Gasteiger partial charge on any atom is 0.237 e. The van der Waals surface area contributed by atoms with Gasteiger partial charge in [0.25, 0.3) is 0 Å². The minimum atomic E-state index is -1.02. The second-order valence-electron chi connectivity index (χ2n) is 5.23. The second kappa shape index (κ2) is 7.00. The molecule has 0 atom stereocenters. The molecule has 0 aliphatic carbocycles. The van der Waals surface area contributed by atoms with Gasteiger partial charge in [-0.25, -0.2) is 8.78 Å². The summed E-state index contributed by atoms with van der Waals surface area (Å²) in [6.07, 6.45) is 0.0593.